The van der Waals surface area contributed by atoms with Crippen molar-refractivity contribution in [3.8, 4) is 16.9 Å². The van der Waals surface area contributed by atoms with Gasteiger partial charge in [0.2, 0.25) is 0 Å². The van der Waals surface area contributed by atoms with Gasteiger partial charge in [0, 0.05) is 17.1 Å². The van der Waals surface area contributed by atoms with Gasteiger partial charge in [-0.15, -0.1) is 0 Å². The molecule has 0 atom stereocenters. The zero-order valence-electron chi connectivity index (χ0n) is 22.0. The van der Waals surface area contributed by atoms with E-state index in [4.69, 9.17) is 9.47 Å². The molecule has 0 aliphatic rings. The number of carbonyl (C=O) groups excluding carboxylic acids is 2. The molecule has 0 N–H and O–H groups in total. The van der Waals surface area contributed by atoms with Gasteiger partial charge in [-0.3, -0.25) is 9.69 Å². The molecule has 0 fully saturated rings. The molecule has 0 saturated carbocycles. The SMILES string of the molecule is COC(=O)c1ccc2c(N(Cc3ccc(-c4ccc(OC)c(C)c4)cc3)C(=O)c3ccccc3)nccc2c1. The van der Waals surface area contributed by atoms with Crippen LogP contribution in [-0.2, 0) is 11.3 Å². The van der Waals surface area contributed by atoms with Crippen LogP contribution in [0.3, 0.4) is 0 Å². The molecule has 0 bridgehead atoms. The third-order valence-electron chi connectivity index (χ3n) is 6.71. The predicted molar refractivity (Wildman–Crippen MR) is 153 cm³/mol. The molecule has 1 aromatic heterocycles. The Morgan fingerprint density at radius 3 is 2.23 bits per heavy atom. The van der Waals surface area contributed by atoms with Crippen LogP contribution in [0.4, 0.5) is 5.82 Å². The van der Waals surface area contributed by atoms with Crippen LogP contribution in [0.25, 0.3) is 21.9 Å². The molecule has 5 aromatic rings. The number of esters is 1. The quantitative estimate of drug-likeness (QED) is 0.221. The second-order valence-electron chi connectivity index (χ2n) is 9.20. The van der Waals surface area contributed by atoms with E-state index in [0.717, 1.165) is 38.8 Å². The van der Waals surface area contributed by atoms with Gasteiger partial charge in [-0.05, 0) is 83.1 Å². The summed E-state index contributed by atoms with van der Waals surface area (Å²) in [5, 5.41) is 1.55. The third kappa shape index (κ3) is 5.36. The maximum atomic E-state index is 13.8. The Morgan fingerprint density at radius 1 is 0.795 bits per heavy atom. The minimum atomic E-state index is -0.417. The van der Waals surface area contributed by atoms with Crippen LogP contribution < -0.4 is 9.64 Å². The number of nitrogens with zero attached hydrogens (tertiary/aromatic N) is 2. The average molecular weight is 517 g/mol. The normalized spacial score (nSPS) is 10.7. The first-order valence-electron chi connectivity index (χ1n) is 12.6. The lowest BCUT2D eigenvalue weighted by Gasteiger charge is -2.24. The van der Waals surface area contributed by atoms with Gasteiger partial charge in [-0.25, -0.2) is 9.78 Å². The highest BCUT2D eigenvalue weighted by Gasteiger charge is 2.22. The molecule has 0 unspecified atom stereocenters. The van der Waals surface area contributed by atoms with E-state index in [2.05, 4.69) is 23.2 Å². The topological polar surface area (TPSA) is 68.7 Å². The summed E-state index contributed by atoms with van der Waals surface area (Å²) in [7, 11) is 3.02. The summed E-state index contributed by atoms with van der Waals surface area (Å²) in [5.41, 5.74) is 5.19. The van der Waals surface area contributed by atoms with E-state index in [1.54, 1.807) is 42.5 Å². The maximum Gasteiger partial charge on any atom is 0.337 e. The molecule has 5 rings (SSSR count). The van der Waals surface area contributed by atoms with Gasteiger partial charge in [0.1, 0.15) is 11.6 Å². The highest BCUT2D eigenvalue weighted by molar-refractivity contribution is 6.10. The van der Waals surface area contributed by atoms with Crippen molar-refractivity contribution in [2.75, 3.05) is 19.1 Å². The van der Waals surface area contributed by atoms with E-state index in [-0.39, 0.29) is 5.91 Å². The molecule has 1 heterocycles. The predicted octanol–water partition coefficient (Wildman–Crippen LogP) is 6.85. The number of ether oxygens (including phenoxy) is 2. The Kier molecular flexibility index (Phi) is 7.37. The highest BCUT2D eigenvalue weighted by atomic mass is 16.5. The van der Waals surface area contributed by atoms with E-state index in [9.17, 15) is 9.59 Å². The van der Waals surface area contributed by atoms with E-state index >= 15 is 0 Å². The smallest absolute Gasteiger partial charge is 0.337 e. The summed E-state index contributed by atoms with van der Waals surface area (Å²) in [4.78, 5) is 32.2. The maximum absolute atomic E-state index is 13.8. The van der Waals surface area contributed by atoms with Crippen molar-refractivity contribution in [2.24, 2.45) is 0 Å². The van der Waals surface area contributed by atoms with Crippen molar-refractivity contribution in [3.05, 3.63) is 126 Å². The standard InChI is InChI=1S/C33H28N2O4/c1-22-19-26(14-16-30(22)38-2)24-11-9-23(10-12-24)21-35(32(36)25-7-5-4-6-8-25)31-29-15-13-28(33(37)39-3)20-27(29)17-18-34-31/h4-20H,21H2,1-3H3. The molecule has 0 radical (unpaired) electrons. The molecule has 39 heavy (non-hydrogen) atoms. The van der Waals surface area contributed by atoms with Crippen molar-refractivity contribution in [1.29, 1.82) is 0 Å². The van der Waals surface area contributed by atoms with E-state index < -0.39 is 5.97 Å². The summed E-state index contributed by atoms with van der Waals surface area (Å²) < 4.78 is 10.3. The van der Waals surface area contributed by atoms with Crippen LogP contribution in [0.2, 0.25) is 0 Å². The zero-order chi connectivity index (χ0) is 27.4. The van der Waals surface area contributed by atoms with Crippen LogP contribution >= 0.6 is 0 Å². The molecule has 0 saturated heterocycles. The fourth-order valence-electron chi connectivity index (χ4n) is 4.64. The lowest BCUT2D eigenvalue weighted by atomic mass is 10.0. The second-order valence-corrected chi connectivity index (χ2v) is 9.20. The lowest BCUT2D eigenvalue weighted by Crippen LogP contribution is -2.31. The van der Waals surface area contributed by atoms with Gasteiger partial charge in [0.05, 0.1) is 26.3 Å². The minimum Gasteiger partial charge on any atom is -0.496 e. The van der Waals surface area contributed by atoms with Gasteiger partial charge in [-0.1, -0.05) is 48.5 Å². The average Bonchev–Trinajstić information content (AvgIpc) is 2.99. The summed E-state index contributed by atoms with van der Waals surface area (Å²) in [6.45, 7) is 2.34. The number of carbonyl (C=O) groups is 2. The zero-order valence-corrected chi connectivity index (χ0v) is 22.0. The number of rotatable bonds is 7. The molecule has 4 aromatic carbocycles. The molecule has 6 nitrogen and oxygen atoms in total. The molecule has 6 heteroatoms. The van der Waals surface area contributed by atoms with Gasteiger partial charge in [0.15, 0.2) is 0 Å². The number of fused-ring (bicyclic) bond motifs is 1. The number of amides is 1. The van der Waals surface area contributed by atoms with Crippen LogP contribution in [0, 0.1) is 6.92 Å². The van der Waals surface area contributed by atoms with Gasteiger partial charge in [0.25, 0.3) is 5.91 Å². The fraction of sp³-hybridized carbons (Fsp3) is 0.121. The van der Waals surface area contributed by atoms with Crippen molar-refractivity contribution in [3.63, 3.8) is 0 Å². The van der Waals surface area contributed by atoms with Gasteiger partial charge in [-0.2, -0.15) is 0 Å². The molecule has 0 spiro atoms. The fourth-order valence-corrected chi connectivity index (χ4v) is 4.64. The summed E-state index contributed by atoms with van der Waals surface area (Å²) in [5.74, 6) is 0.793. The number of methoxy groups -OCH3 is 2. The number of aryl methyl sites for hydroxylation is 1. The molecule has 194 valence electrons. The molecule has 0 aliphatic heterocycles. The number of anilines is 1. The number of benzene rings is 4. The lowest BCUT2D eigenvalue weighted by molar-refractivity contribution is 0.0600. The minimum absolute atomic E-state index is 0.164. The van der Waals surface area contributed by atoms with Gasteiger partial charge < -0.3 is 9.47 Å². The van der Waals surface area contributed by atoms with Crippen molar-refractivity contribution in [1.82, 2.24) is 4.98 Å². The third-order valence-corrected chi connectivity index (χ3v) is 6.71. The summed E-state index contributed by atoms with van der Waals surface area (Å²) in [6, 6.07) is 30.5. The second kappa shape index (κ2) is 11.2. The number of hydrogen-bond donors (Lipinski definition) is 0. The first kappa shape index (κ1) is 25.7. The molecule has 1 amide bonds. The number of aromatic nitrogens is 1. The Labute approximate surface area is 227 Å². The van der Waals surface area contributed by atoms with Crippen molar-refractivity contribution >= 4 is 28.5 Å². The number of hydrogen-bond acceptors (Lipinski definition) is 5. The van der Waals surface area contributed by atoms with Crippen LogP contribution in [0.5, 0.6) is 5.75 Å². The van der Waals surface area contributed by atoms with Crippen molar-refractivity contribution in [2.45, 2.75) is 13.5 Å². The van der Waals surface area contributed by atoms with E-state index in [0.29, 0.717) is 23.5 Å². The summed E-state index contributed by atoms with van der Waals surface area (Å²) >= 11 is 0. The molecule has 0 aliphatic carbocycles. The van der Waals surface area contributed by atoms with Crippen LogP contribution in [0.1, 0.15) is 31.8 Å². The first-order valence-corrected chi connectivity index (χ1v) is 12.6. The Morgan fingerprint density at radius 2 is 1.54 bits per heavy atom. The van der Waals surface area contributed by atoms with Crippen molar-refractivity contribution < 1.29 is 19.1 Å². The van der Waals surface area contributed by atoms with E-state index in [1.165, 1.54) is 7.11 Å². The van der Waals surface area contributed by atoms with Crippen LogP contribution in [0.15, 0.2) is 103 Å². The Bertz CT molecular complexity index is 1650. The first-order chi connectivity index (χ1) is 19.0. The Hall–Kier alpha value is -4.97. The largest absolute Gasteiger partial charge is 0.496 e. The highest BCUT2D eigenvalue weighted by Crippen LogP contribution is 2.30. The van der Waals surface area contributed by atoms with Crippen LogP contribution in [-0.4, -0.2) is 31.1 Å². The summed E-state index contributed by atoms with van der Waals surface area (Å²) in [6.07, 6.45) is 1.65. The monoisotopic (exact) mass is 516 g/mol. The molecular weight excluding hydrogens is 488 g/mol. The van der Waals surface area contributed by atoms with Gasteiger partial charge >= 0.3 is 5.97 Å². The molecular formula is C33H28N2O4. The number of pyridine rings is 1. The Balaban J connectivity index is 1.52. The van der Waals surface area contributed by atoms with E-state index in [1.807, 2.05) is 61.5 Å².